The standard InChI is InChI=1S/C14H16F2N4/c1-8-3-11-10(9(2)19-8)4-18-20(11)12-5-17-13(12)6-14(15,16)7-13/h3-4,12,17H,5-7H2,1-2H3. The smallest absolute Gasteiger partial charge is 0.251 e. The predicted octanol–water partition coefficient (Wildman–Crippen LogP) is 2.36. The fourth-order valence-electron chi connectivity index (χ4n) is 3.63. The predicted molar refractivity (Wildman–Crippen MR) is 71.0 cm³/mol. The molecule has 0 aromatic carbocycles. The van der Waals surface area contributed by atoms with Crippen LogP contribution in [0.3, 0.4) is 0 Å². The van der Waals surface area contributed by atoms with E-state index < -0.39 is 11.5 Å². The molecule has 2 aliphatic rings. The number of halogens is 2. The minimum Gasteiger partial charge on any atom is -0.307 e. The Morgan fingerprint density at radius 3 is 2.70 bits per heavy atom. The lowest BCUT2D eigenvalue weighted by atomic mass is 9.64. The van der Waals surface area contributed by atoms with Gasteiger partial charge in [-0.15, -0.1) is 0 Å². The number of aromatic nitrogens is 3. The molecule has 1 saturated heterocycles. The topological polar surface area (TPSA) is 42.7 Å². The molecule has 2 aromatic rings. The molecule has 1 spiro atoms. The molecule has 1 aliphatic heterocycles. The molecule has 0 radical (unpaired) electrons. The number of pyridine rings is 1. The van der Waals surface area contributed by atoms with Gasteiger partial charge in [-0.2, -0.15) is 5.10 Å². The van der Waals surface area contributed by atoms with E-state index in [1.165, 1.54) is 0 Å². The Hall–Kier alpha value is -1.56. The van der Waals surface area contributed by atoms with Gasteiger partial charge in [0.2, 0.25) is 0 Å². The first-order valence-corrected chi connectivity index (χ1v) is 6.85. The Morgan fingerprint density at radius 1 is 1.35 bits per heavy atom. The zero-order valence-corrected chi connectivity index (χ0v) is 11.5. The van der Waals surface area contributed by atoms with Crippen molar-refractivity contribution in [3.05, 3.63) is 23.7 Å². The van der Waals surface area contributed by atoms with E-state index in [4.69, 9.17) is 0 Å². The Bertz CT molecular complexity index is 699. The minimum absolute atomic E-state index is 0.0147. The molecular formula is C14H16F2N4. The van der Waals surface area contributed by atoms with Crippen LogP contribution in [0.2, 0.25) is 0 Å². The fourth-order valence-corrected chi connectivity index (χ4v) is 3.63. The molecule has 1 atom stereocenters. The summed E-state index contributed by atoms with van der Waals surface area (Å²) in [5.41, 5.74) is 2.40. The molecule has 1 aliphatic carbocycles. The summed E-state index contributed by atoms with van der Waals surface area (Å²) in [6.07, 6.45) is 1.62. The molecule has 0 bridgehead atoms. The number of rotatable bonds is 1. The summed E-state index contributed by atoms with van der Waals surface area (Å²) in [7, 11) is 0. The average molecular weight is 278 g/mol. The van der Waals surface area contributed by atoms with E-state index >= 15 is 0 Å². The largest absolute Gasteiger partial charge is 0.307 e. The maximum atomic E-state index is 13.2. The normalized spacial score (nSPS) is 26.5. The van der Waals surface area contributed by atoms with Crippen LogP contribution in [0.1, 0.15) is 30.3 Å². The molecule has 2 fully saturated rings. The van der Waals surface area contributed by atoms with Gasteiger partial charge in [-0.05, 0) is 19.9 Å². The van der Waals surface area contributed by atoms with Crippen LogP contribution in [-0.2, 0) is 0 Å². The molecule has 4 nitrogen and oxygen atoms in total. The van der Waals surface area contributed by atoms with Crippen LogP contribution in [0, 0.1) is 13.8 Å². The van der Waals surface area contributed by atoms with Gasteiger partial charge in [-0.25, -0.2) is 8.78 Å². The number of fused-ring (bicyclic) bond motifs is 1. The Labute approximate surface area is 115 Å². The lowest BCUT2D eigenvalue weighted by Gasteiger charge is -2.59. The van der Waals surface area contributed by atoms with Crippen LogP contribution < -0.4 is 5.32 Å². The Balaban J connectivity index is 1.77. The highest BCUT2D eigenvalue weighted by Crippen LogP contribution is 2.54. The van der Waals surface area contributed by atoms with Gasteiger partial charge < -0.3 is 5.32 Å². The summed E-state index contributed by atoms with van der Waals surface area (Å²) in [4.78, 5) is 4.42. The van der Waals surface area contributed by atoms with Crippen molar-refractivity contribution in [2.24, 2.45) is 0 Å². The summed E-state index contributed by atoms with van der Waals surface area (Å²) in [5, 5.41) is 8.63. The molecule has 1 unspecified atom stereocenters. The number of nitrogens with one attached hydrogen (secondary N) is 1. The molecule has 2 aromatic heterocycles. The van der Waals surface area contributed by atoms with Crippen LogP contribution in [0.15, 0.2) is 12.3 Å². The highest BCUT2D eigenvalue weighted by atomic mass is 19.3. The van der Waals surface area contributed by atoms with Crippen LogP contribution >= 0.6 is 0 Å². The van der Waals surface area contributed by atoms with Crippen LogP contribution in [-0.4, -0.2) is 32.8 Å². The third kappa shape index (κ3) is 1.48. The van der Waals surface area contributed by atoms with Gasteiger partial charge in [-0.3, -0.25) is 9.67 Å². The summed E-state index contributed by atoms with van der Waals surface area (Å²) in [5.74, 6) is -2.53. The number of nitrogens with zero attached hydrogens (tertiary/aromatic N) is 3. The van der Waals surface area contributed by atoms with Crippen molar-refractivity contribution in [2.75, 3.05) is 6.54 Å². The van der Waals surface area contributed by atoms with Crippen LogP contribution in [0.5, 0.6) is 0 Å². The van der Waals surface area contributed by atoms with Gasteiger partial charge in [0.15, 0.2) is 0 Å². The van der Waals surface area contributed by atoms with Gasteiger partial charge in [0, 0.05) is 36.2 Å². The zero-order valence-electron chi connectivity index (χ0n) is 11.5. The molecule has 4 rings (SSSR count). The molecule has 3 heterocycles. The first kappa shape index (κ1) is 12.2. The van der Waals surface area contributed by atoms with Crippen molar-refractivity contribution in [1.82, 2.24) is 20.1 Å². The molecule has 20 heavy (non-hydrogen) atoms. The van der Waals surface area contributed by atoms with Crippen molar-refractivity contribution in [3.63, 3.8) is 0 Å². The second-order valence-corrected chi connectivity index (χ2v) is 6.13. The minimum atomic E-state index is -2.53. The average Bonchev–Trinajstić information content (AvgIpc) is 2.68. The van der Waals surface area contributed by atoms with Crippen LogP contribution in [0.4, 0.5) is 8.78 Å². The van der Waals surface area contributed by atoms with Gasteiger partial charge in [0.1, 0.15) is 0 Å². The van der Waals surface area contributed by atoms with Crippen molar-refractivity contribution in [2.45, 2.75) is 44.2 Å². The molecule has 6 heteroatoms. The Kier molecular flexibility index (Phi) is 2.17. The second kappa shape index (κ2) is 3.55. The van der Waals surface area contributed by atoms with Crippen molar-refractivity contribution < 1.29 is 8.78 Å². The van der Waals surface area contributed by atoms with Gasteiger partial charge in [-0.1, -0.05) is 0 Å². The van der Waals surface area contributed by atoms with E-state index in [-0.39, 0.29) is 18.9 Å². The molecule has 0 amide bonds. The molecule has 106 valence electrons. The third-order valence-electron chi connectivity index (χ3n) is 4.64. The lowest BCUT2D eigenvalue weighted by molar-refractivity contribution is -0.175. The highest BCUT2D eigenvalue weighted by Gasteiger charge is 2.65. The number of aryl methyl sites for hydroxylation is 2. The quantitative estimate of drug-likeness (QED) is 0.870. The van der Waals surface area contributed by atoms with Gasteiger partial charge in [0.05, 0.1) is 23.3 Å². The van der Waals surface area contributed by atoms with E-state index in [1.807, 2.05) is 24.6 Å². The van der Waals surface area contributed by atoms with Crippen molar-refractivity contribution in [3.8, 4) is 0 Å². The molecule has 1 N–H and O–H groups in total. The fraction of sp³-hybridized carbons (Fsp3) is 0.571. The molecule has 1 saturated carbocycles. The van der Waals surface area contributed by atoms with E-state index in [0.717, 1.165) is 22.3 Å². The van der Waals surface area contributed by atoms with E-state index in [1.54, 1.807) is 6.20 Å². The third-order valence-corrected chi connectivity index (χ3v) is 4.64. The number of alkyl halides is 2. The summed E-state index contributed by atoms with van der Waals surface area (Å²) in [6, 6.07) is 2.00. The highest BCUT2D eigenvalue weighted by molar-refractivity contribution is 5.81. The monoisotopic (exact) mass is 278 g/mol. The number of hydrogen-bond donors (Lipinski definition) is 1. The zero-order chi connectivity index (χ0) is 14.1. The van der Waals surface area contributed by atoms with E-state index in [9.17, 15) is 8.78 Å². The SMILES string of the molecule is Cc1cc2c(cnn2C2CNC23CC(F)(F)C3)c(C)n1. The maximum absolute atomic E-state index is 13.2. The van der Waals surface area contributed by atoms with Gasteiger partial charge in [0.25, 0.3) is 5.92 Å². The summed E-state index contributed by atoms with van der Waals surface area (Å²) in [6.45, 7) is 4.59. The number of hydrogen-bond acceptors (Lipinski definition) is 3. The lowest BCUT2D eigenvalue weighted by Crippen LogP contribution is -2.74. The summed E-state index contributed by atoms with van der Waals surface area (Å²) < 4.78 is 28.4. The summed E-state index contributed by atoms with van der Waals surface area (Å²) >= 11 is 0. The van der Waals surface area contributed by atoms with Gasteiger partial charge >= 0.3 is 0 Å². The Morgan fingerprint density at radius 2 is 2.10 bits per heavy atom. The van der Waals surface area contributed by atoms with E-state index in [0.29, 0.717) is 6.54 Å². The van der Waals surface area contributed by atoms with Crippen LogP contribution in [0.25, 0.3) is 10.9 Å². The van der Waals surface area contributed by atoms with E-state index in [2.05, 4.69) is 15.4 Å². The first-order chi connectivity index (χ1) is 9.40. The maximum Gasteiger partial charge on any atom is 0.251 e. The first-order valence-electron chi connectivity index (χ1n) is 6.85. The van der Waals surface area contributed by atoms with Crippen molar-refractivity contribution in [1.29, 1.82) is 0 Å². The van der Waals surface area contributed by atoms with Crippen molar-refractivity contribution >= 4 is 10.9 Å². The second-order valence-electron chi connectivity index (χ2n) is 6.13. The molecular weight excluding hydrogens is 262 g/mol.